The number of thiophene rings is 1. The summed E-state index contributed by atoms with van der Waals surface area (Å²) in [6.07, 6.45) is 1.04. The summed E-state index contributed by atoms with van der Waals surface area (Å²) in [5.74, 6) is 0. The summed E-state index contributed by atoms with van der Waals surface area (Å²) in [4.78, 5) is 1.18. The molecule has 0 aliphatic carbocycles. The van der Waals surface area contributed by atoms with E-state index in [0.29, 0.717) is 6.42 Å². The maximum Gasteiger partial charge on any atom is 0.0849 e. The minimum atomic E-state index is -0.407. The Hall–Kier alpha value is 0.1000. The van der Waals surface area contributed by atoms with E-state index < -0.39 is 6.10 Å². The van der Waals surface area contributed by atoms with E-state index in [1.807, 2.05) is 18.4 Å². The zero-order valence-corrected chi connectivity index (χ0v) is 10.8. The van der Waals surface area contributed by atoms with Crippen LogP contribution in [0.1, 0.15) is 18.2 Å². The second kappa shape index (κ2) is 5.85. The van der Waals surface area contributed by atoms with Crippen molar-refractivity contribution in [1.29, 1.82) is 0 Å². The molecule has 1 aromatic rings. The van der Waals surface area contributed by atoms with Crippen LogP contribution in [0.2, 0.25) is 0 Å². The van der Waals surface area contributed by atoms with Gasteiger partial charge in [0.15, 0.2) is 0 Å². The molecule has 2 atom stereocenters. The molecule has 0 aliphatic heterocycles. The Labute approximate surface area is 97.0 Å². The van der Waals surface area contributed by atoms with Crippen molar-refractivity contribution in [2.24, 2.45) is 0 Å². The van der Waals surface area contributed by atoms with Crippen LogP contribution in [-0.4, -0.2) is 24.4 Å². The highest BCUT2D eigenvalue weighted by Crippen LogP contribution is 2.22. The number of halogens is 1. The normalized spacial score (nSPS) is 15.4. The molecule has 1 rings (SSSR count). The van der Waals surface area contributed by atoms with E-state index in [1.165, 1.54) is 4.88 Å². The van der Waals surface area contributed by atoms with Crippen molar-refractivity contribution >= 4 is 27.3 Å². The minimum Gasteiger partial charge on any atom is -0.390 e. The number of hydrogen-bond donors (Lipinski definition) is 1. The fraction of sp³-hybridized carbons (Fsp3) is 0.600. The molecule has 0 bridgehead atoms. The molecule has 0 radical (unpaired) electrons. The smallest absolute Gasteiger partial charge is 0.0849 e. The Bertz CT molecular complexity index is 271. The molecule has 14 heavy (non-hydrogen) atoms. The summed E-state index contributed by atoms with van der Waals surface area (Å²) in [5.41, 5.74) is 0. The summed E-state index contributed by atoms with van der Waals surface area (Å²) >= 11 is 5.04. The minimum absolute atomic E-state index is 0.0594. The fourth-order valence-electron chi connectivity index (χ4n) is 1.39. The van der Waals surface area contributed by atoms with Crippen molar-refractivity contribution in [3.63, 3.8) is 0 Å². The Balaban J connectivity index is 2.51. The van der Waals surface area contributed by atoms with Crippen molar-refractivity contribution in [3.8, 4) is 0 Å². The lowest BCUT2D eigenvalue weighted by atomic mass is 10.1. The topological polar surface area (TPSA) is 29.5 Å². The van der Waals surface area contributed by atoms with Crippen LogP contribution in [0.15, 0.2) is 15.9 Å². The fourth-order valence-corrected chi connectivity index (χ4v) is 2.90. The molecule has 1 aromatic heterocycles. The Morgan fingerprint density at radius 2 is 2.36 bits per heavy atom. The molecule has 1 N–H and O–H groups in total. The average molecular weight is 279 g/mol. The first-order chi connectivity index (χ1) is 6.67. The number of aliphatic hydroxyl groups is 1. The van der Waals surface area contributed by atoms with Crippen LogP contribution >= 0.6 is 27.3 Å². The van der Waals surface area contributed by atoms with Gasteiger partial charge in [-0.05, 0) is 28.4 Å². The lowest BCUT2D eigenvalue weighted by molar-refractivity contribution is -0.0125. The largest absolute Gasteiger partial charge is 0.390 e. The Kier molecular flexibility index (Phi) is 5.09. The third kappa shape index (κ3) is 3.35. The Morgan fingerprint density at radius 3 is 2.79 bits per heavy atom. The van der Waals surface area contributed by atoms with Gasteiger partial charge in [0.25, 0.3) is 0 Å². The quantitative estimate of drug-likeness (QED) is 0.898. The van der Waals surface area contributed by atoms with Crippen molar-refractivity contribution in [2.75, 3.05) is 7.11 Å². The van der Waals surface area contributed by atoms with Crippen LogP contribution in [0.4, 0.5) is 0 Å². The van der Waals surface area contributed by atoms with Gasteiger partial charge in [0.2, 0.25) is 0 Å². The molecule has 0 fully saturated rings. The number of aliphatic hydroxyl groups excluding tert-OH is 1. The second-order valence-electron chi connectivity index (χ2n) is 3.19. The standard InChI is InChI=1S/C10H15BrO2S/c1-3-10(13-2)9(12)5-8-4-7(11)6-14-8/h4,6,9-10,12H,3,5H2,1-2H3. The third-order valence-corrected chi connectivity index (χ3v) is 3.89. The molecular weight excluding hydrogens is 264 g/mol. The second-order valence-corrected chi connectivity index (χ2v) is 5.10. The van der Waals surface area contributed by atoms with Gasteiger partial charge >= 0.3 is 0 Å². The van der Waals surface area contributed by atoms with Gasteiger partial charge in [-0.1, -0.05) is 6.92 Å². The van der Waals surface area contributed by atoms with E-state index in [9.17, 15) is 5.11 Å². The SMILES string of the molecule is CCC(OC)C(O)Cc1cc(Br)cs1. The summed E-state index contributed by atoms with van der Waals surface area (Å²) < 4.78 is 6.26. The first-order valence-electron chi connectivity index (χ1n) is 4.61. The van der Waals surface area contributed by atoms with Gasteiger partial charge in [-0.25, -0.2) is 0 Å². The van der Waals surface area contributed by atoms with E-state index in [4.69, 9.17) is 4.74 Å². The Morgan fingerprint density at radius 1 is 1.64 bits per heavy atom. The van der Waals surface area contributed by atoms with Gasteiger partial charge < -0.3 is 9.84 Å². The molecule has 2 nitrogen and oxygen atoms in total. The van der Waals surface area contributed by atoms with Crippen molar-refractivity contribution < 1.29 is 9.84 Å². The van der Waals surface area contributed by atoms with Crippen molar-refractivity contribution in [3.05, 3.63) is 20.8 Å². The number of hydrogen-bond acceptors (Lipinski definition) is 3. The number of rotatable bonds is 5. The molecular formula is C10H15BrO2S. The van der Waals surface area contributed by atoms with Gasteiger partial charge in [0.1, 0.15) is 0 Å². The zero-order chi connectivity index (χ0) is 10.6. The molecule has 4 heteroatoms. The van der Waals surface area contributed by atoms with Crippen LogP contribution in [-0.2, 0) is 11.2 Å². The maximum atomic E-state index is 9.84. The third-order valence-electron chi connectivity index (χ3n) is 2.17. The van der Waals surface area contributed by atoms with Crippen molar-refractivity contribution in [2.45, 2.75) is 32.0 Å². The lowest BCUT2D eigenvalue weighted by Gasteiger charge is -2.19. The van der Waals surface area contributed by atoms with Gasteiger partial charge in [-0.3, -0.25) is 0 Å². The summed E-state index contributed by atoms with van der Waals surface area (Å²) in [6.45, 7) is 2.02. The average Bonchev–Trinajstić information content (AvgIpc) is 2.53. The predicted octanol–water partition coefficient (Wildman–Crippen LogP) is 2.84. The van der Waals surface area contributed by atoms with Gasteiger partial charge in [-0.15, -0.1) is 11.3 Å². The molecule has 1 heterocycles. The van der Waals surface area contributed by atoms with Gasteiger partial charge in [-0.2, -0.15) is 0 Å². The van der Waals surface area contributed by atoms with E-state index in [-0.39, 0.29) is 6.10 Å². The van der Waals surface area contributed by atoms with Crippen LogP contribution in [0.3, 0.4) is 0 Å². The van der Waals surface area contributed by atoms with E-state index in [1.54, 1.807) is 18.4 Å². The predicted molar refractivity (Wildman–Crippen MR) is 62.8 cm³/mol. The maximum absolute atomic E-state index is 9.84. The summed E-state index contributed by atoms with van der Waals surface area (Å²) in [5, 5.41) is 11.9. The van der Waals surface area contributed by atoms with Gasteiger partial charge in [0.05, 0.1) is 12.2 Å². The molecule has 0 saturated carbocycles. The highest BCUT2D eigenvalue weighted by molar-refractivity contribution is 9.10. The van der Waals surface area contributed by atoms with Crippen LogP contribution < -0.4 is 0 Å². The molecule has 0 spiro atoms. The highest BCUT2D eigenvalue weighted by atomic mass is 79.9. The first kappa shape index (κ1) is 12.2. The van der Waals surface area contributed by atoms with E-state index >= 15 is 0 Å². The highest BCUT2D eigenvalue weighted by Gasteiger charge is 2.17. The zero-order valence-electron chi connectivity index (χ0n) is 8.37. The summed E-state index contributed by atoms with van der Waals surface area (Å²) in [6, 6.07) is 2.04. The van der Waals surface area contributed by atoms with E-state index in [2.05, 4.69) is 15.9 Å². The first-order valence-corrected chi connectivity index (χ1v) is 6.28. The monoisotopic (exact) mass is 278 g/mol. The number of methoxy groups -OCH3 is 1. The molecule has 2 unspecified atom stereocenters. The van der Waals surface area contributed by atoms with Crippen LogP contribution in [0.5, 0.6) is 0 Å². The number of ether oxygens (including phenoxy) is 1. The van der Waals surface area contributed by atoms with Gasteiger partial charge in [0, 0.05) is 28.3 Å². The van der Waals surface area contributed by atoms with Crippen LogP contribution in [0.25, 0.3) is 0 Å². The van der Waals surface area contributed by atoms with Crippen LogP contribution in [0, 0.1) is 0 Å². The van der Waals surface area contributed by atoms with E-state index in [0.717, 1.165) is 10.9 Å². The molecule has 0 amide bonds. The molecule has 0 saturated heterocycles. The molecule has 0 aromatic carbocycles. The summed E-state index contributed by atoms with van der Waals surface area (Å²) in [7, 11) is 1.64. The molecule has 0 aliphatic rings. The lowest BCUT2D eigenvalue weighted by Crippen LogP contribution is -2.28. The molecule has 80 valence electrons. The van der Waals surface area contributed by atoms with Crippen molar-refractivity contribution in [1.82, 2.24) is 0 Å².